The number of nitrogens with one attached hydrogen (secondary N) is 1. The normalized spacial score (nSPS) is 15.6. The van der Waals surface area contributed by atoms with Crippen molar-refractivity contribution in [3.05, 3.63) is 34.9 Å². The van der Waals surface area contributed by atoms with Gasteiger partial charge in [0.15, 0.2) is 0 Å². The smallest absolute Gasteiger partial charge is 0.224 e. The van der Waals surface area contributed by atoms with Crippen molar-refractivity contribution in [2.24, 2.45) is 5.92 Å². The van der Waals surface area contributed by atoms with Crippen molar-refractivity contribution in [3.8, 4) is 0 Å². The second-order valence-corrected chi connectivity index (χ2v) is 6.56. The van der Waals surface area contributed by atoms with Gasteiger partial charge in [0.1, 0.15) is 0 Å². The van der Waals surface area contributed by atoms with Gasteiger partial charge in [-0.15, -0.1) is 0 Å². The third kappa shape index (κ3) is 4.85. The molecule has 3 nitrogen and oxygen atoms in total. The second-order valence-electron chi connectivity index (χ2n) is 6.56. The minimum atomic E-state index is -0.130. The van der Waals surface area contributed by atoms with E-state index in [1.54, 1.807) is 0 Å². The van der Waals surface area contributed by atoms with Crippen molar-refractivity contribution in [2.45, 2.75) is 58.4 Å². The molecule has 1 aromatic carbocycles. The van der Waals surface area contributed by atoms with Crippen LogP contribution in [0.4, 0.5) is 0 Å². The molecule has 0 bridgehead atoms. The molecule has 1 aromatic rings. The van der Waals surface area contributed by atoms with Gasteiger partial charge in [-0.1, -0.05) is 32.0 Å². The number of aryl methyl sites for hydroxylation is 2. The highest BCUT2D eigenvalue weighted by Gasteiger charge is 2.15. The molecule has 116 valence electrons. The Labute approximate surface area is 127 Å². The van der Waals surface area contributed by atoms with E-state index < -0.39 is 0 Å². The Morgan fingerprint density at radius 1 is 1.24 bits per heavy atom. The van der Waals surface area contributed by atoms with Crippen LogP contribution >= 0.6 is 0 Å². The molecule has 2 rings (SSSR count). The van der Waals surface area contributed by atoms with Gasteiger partial charge in [0.05, 0.1) is 19.1 Å². The van der Waals surface area contributed by atoms with Crippen LogP contribution in [-0.4, -0.2) is 23.7 Å². The number of fused-ring (bicyclic) bond motifs is 1. The first-order valence-corrected chi connectivity index (χ1v) is 8.09. The number of aliphatic hydroxyl groups is 1. The molecule has 0 fully saturated rings. The molecule has 1 aliphatic carbocycles. The first-order valence-electron chi connectivity index (χ1n) is 8.09. The molecule has 0 aliphatic heterocycles. The highest BCUT2D eigenvalue weighted by Crippen LogP contribution is 2.22. The molecule has 1 amide bonds. The van der Waals surface area contributed by atoms with Crippen molar-refractivity contribution in [1.82, 2.24) is 5.32 Å². The Kier molecular flexibility index (Phi) is 5.80. The molecular formula is C18H27NO2. The maximum Gasteiger partial charge on any atom is 0.224 e. The van der Waals surface area contributed by atoms with E-state index in [0.29, 0.717) is 12.3 Å². The van der Waals surface area contributed by atoms with Crippen molar-refractivity contribution >= 4 is 5.91 Å². The Morgan fingerprint density at radius 2 is 1.95 bits per heavy atom. The third-order valence-corrected chi connectivity index (χ3v) is 4.12. The summed E-state index contributed by atoms with van der Waals surface area (Å²) in [5.74, 6) is 0.469. The SMILES string of the molecule is CC(C)CC(CO)NC(=O)Cc1ccc2c(c1)CCCC2. The average molecular weight is 289 g/mol. The fourth-order valence-electron chi connectivity index (χ4n) is 3.11. The van der Waals surface area contributed by atoms with Crippen LogP contribution in [0.25, 0.3) is 0 Å². The zero-order valence-corrected chi connectivity index (χ0v) is 13.2. The van der Waals surface area contributed by atoms with E-state index >= 15 is 0 Å². The monoisotopic (exact) mass is 289 g/mol. The Morgan fingerprint density at radius 3 is 2.62 bits per heavy atom. The van der Waals surface area contributed by atoms with Crippen molar-refractivity contribution < 1.29 is 9.90 Å². The zero-order chi connectivity index (χ0) is 15.2. The minimum absolute atomic E-state index is 0.00506. The summed E-state index contributed by atoms with van der Waals surface area (Å²) >= 11 is 0. The number of aliphatic hydroxyl groups excluding tert-OH is 1. The van der Waals surface area contributed by atoms with Crippen LogP contribution < -0.4 is 5.32 Å². The largest absolute Gasteiger partial charge is 0.394 e. The topological polar surface area (TPSA) is 49.3 Å². The molecule has 21 heavy (non-hydrogen) atoms. The average Bonchev–Trinajstić information content (AvgIpc) is 2.45. The number of amides is 1. The summed E-state index contributed by atoms with van der Waals surface area (Å²) in [6.45, 7) is 4.20. The van der Waals surface area contributed by atoms with Crippen LogP contribution in [0.2, 0.25) is 0 Å². The third-order valence-electron chi connectivity index (χ3n) is 4.12. The number of hydrogen-bond donors (Lipinski definition) is 2. The van der Waals surface area contributed by atoms with Gasteiger partial charge in [-0.05, 0) is 54.7 Å². The van der Waals surface area contributed by atoms with Crippen LogP contribution in [0, 0.1) is 5.92 Å². The standard InChI is InChI=1S/C18H27NO2/c1-13(2)9-17(12-20)19-18(21)11-14-7-8-15-5-3-4-6-16(15)10-14/h7-8,10,13,17,20H,3-6,9,11-12H2,1-2H3,(H,19,21). The molecule has 1 atom stereocenters. The number of benzene rings is 1. The summed E-state index contributed by atoms with van der Waals surface area (Å²) in [6, 6.07) is 6.30. The van der Waals surface area contributed by atoms with E-state index in [1.165, 1.54) is 30.4 Å². The summed E-state index contributed by atoms with van der Waals surface area (Å²) < 4.78 is 0. The number of rotatable bonds is 6. The summed E-state index contributed by atoms with van der Waals surface area (Å²) in [6.07, 6.45) is 6.05. The Bertz CT molecular complexity index is 482. The van der Waals surface area contributed by atoms with E-state index in [0.717, 1.165) is 18.4 Å². The molecule has 0 aromatic heterocycles. The lowest BCUT2D eigenvalue weighted by molar-refractivity contribution is -0.121. The molecule has 1 unspecified atom stereocenters. The van der Waals surface area contributed by atoms with Gasteiger partial charge in [0, 0.05) is 0 Å². The molecular weight excluding hydrogens is 262 g/mol. The van der Waals surface area contributed by atoms with Gasteiger partial charge >= 0.3 is 0 Å². The molecule has 0 saturated heterocycles. The maximum absolute atomic E-state index is 12.1. The van der Waals surface area contributed by atoms with Crippen molar-refractivity contribution in [3.63, 3.8) is 0 Å². The summed E-state index contributed by atoms with van der Waals surface area (Å²) in [4.78, 5) is 12.1. The molecule has 0 spiro atoms. The van der Waals surface area contributed by atoms with Crippen LogP contribution in [0.15, 0.2) is 18.2 Å². The second kappa shape index (κ2) is 7.60. The van der Waals surface area contributed by atoms with Gasteiger partial charge in [-0.2, -0.15) is 0 Å². The Balaban J connectivity index is 1.93. The molecule has 3 heteroatoms. The number of carbonyl (C=O) groups is 1. The summed E-state index contributed by atoms with van der Waals surface area (Å²) in [5.41, 5.74) is 3.93. The summed E-state index contributed by atoms with van der Waals surface area (Å²) in [7, 11) is 0. The molecule has 0 heterocycles. The zero-order valence-electron chi connectivity index (χ0n) is 13.2. The highest BCUT2D eigenvalue weighted by molar-refractivity contribution is 5.79. The van der Waals surface area contributed by atoms with Gasteiger partial charge in [-0.3, -0.25) is 4.79 Å². The van der Waals surface area contributed by atoms with E-state index in [-0.39, 0.29) is 18.6 Å². The molecule has 2 N–H and O–H groups in total. The molecule has 1 aliphatic rings. The van der Waals surface area contributed by atoms with Crippen LogP contribution in [0.5, 0.6) is 0 Å². The number of carbonyl (C=O) groups excluding carboxylic acids is 1. The first kappa shape index (κ1) is 16.0. The van der Waals surface area contributed by atoms with Gasteiger partial charge in [0.25, 0.3) is 0 Å². The fraction of sp³-hybridized carbons (Fsp3) is 0.611. The van der Waals surface area contributed by atoms with Crippen molar-refractivity contribution in [2.75, 3.05) is 6.61 Å². The lowest BCUT2D eigenvalue weighted by atomic mass is 9.90. The van der Waals surface area contributed by atoms with Crippen LogP contribution in [-0.2, 0) is 24.1 Å². The number of hydrogen-bond acceptors (Lipinski definition) is 2. The van der Waals surface area contributed by atoms with Gasteiger partial charge in [-0.25, -0.2) is 0 Å². The lowest BCUT2D eigenvalue weighted by Gasteiger charge is -2.19. The highest BCUT2D eigenvalue weighted by atomic mass is 16.3. The lowest BCUT2D eigenvalue weighted by Crippen LogP contribution is -2.39. The van der Waals surface area contributed by atoms with Crippen LogP contribution in [0.3, 0.4) is 0 Å². The van der Waals surface area contributed by atoms with E-state index in [9.17, 15) is 9.90 Å². The van der Waals surface area contributed by atoms with E-state index in [4.69, 9.17) is 0 Å². The van der Waals surface area contributed by atoms with Crippen molar-refractivity contribution in [1.29, 1.82) is 0 Å². The fourth-order valence-corrected chi connectivity index (χ4v) is 3.11. The predicted molar refractivity (Wildman–Crippen MR) is 85.3 cm³/mol. The predicted octanol–water partition coefficient (Wildman–Crippen LogP) is 2.63. The minimum Gasteiger partial charge on any atom is -0.394 e. The van der Waals surface area contributed by atoms with E-state index in [2.05, 4.69) is 37.4 Å². The van der Waals surface area contributed by atoms with Crippen LogP contribution in [0.1, 0.15) is 49.8 Å². The molecule has 0 radical (unpaired) electrons. The summed E-state index contributed by atoms with van der Waals surface area (Å²) in [5, 5.41) is 12.3. The quantitative estimate of drug-likeness (QED) is 0.846. The van der Waals surface area contributed by atoms with Gasteiger partial charge < -0.3 is 10.4 Å². The molecule has 0 saturated carbocycles. The first-order chi connectivity index (χ1) is 10.1. The maximum atomic E-state index is 12.1. The Hall–Kier alpha value is -1.35. The van der Waals surface area contributed by atoms with Gasteiger partial charge in [0.2, 0.25) is 5.91 Å². The van der Waals surface area contributed by atoms with E-state index in [1.807, 2.05) is 0 Å².